The van der Waals surface area contributed by atoms with Crippen molar-refractivity contribution in [1.29, 1.82) is 0 Å². The van der Waals surface area contributed by atoms with Crippen molar-refractivity contribution in [2.24, 2.45) is 23.7 Å². The number of nitrogens with zero attached hydrogens (tertiary/aromatic N) is 1. The third kappa shape index (κ3) is 5.22. The zero-order chi connectivity index (χ0) is 21.8. The Morgan fingerprint density at radius 1 is 1.10 bits per heavy atom. The zero-order valence-electron chi connectivity index (χ0n) is 18.5. The molecule has 1 aromatic carbocycles. The summed E-state index contributed by atoms with van der Waals surface area (Å²) >= 11 is 0. The first kappa shape index (κ1) is 22.8. The lowest BCUT2D eigenvalue weighted by Gasteiger charge is -2.41. The number of rotatable bonds is 5. The largest absolute Gasteiger partial charge is 0.432 e. The molecular formula is C24H35NO5. The monoisotopic (exact) mass is 417 g/mol. The summed E-state index contributed by atoms with van der Waals surface area (Å²) in [6.07, 6.45) is 4.77. The molecule has 1 saturated heterocycles. The van der Waals surface area contributed by atoms with Crippen LogP contribution in [0.2, 0.25) is 0 Å². The van der Waals surface area contributed by atoms with E-state index in [4.69, 9.17) is 9.47 Å². The van der Waals surface area contributed by atoms with Gasteiger partial charge >= 0.3 is 5.97 Å². The highest BCUT2D eigenvalue weighted by molar-refractivity contribution is 5.96. The second kappa shape index (κ2) is 9.92. The second-order valence-electron chi connectivity index (χ2n) is 9.17. The maximum atomic E-state index is 12.5. The quantitative estimate of drug-likeness (QED) is 0.584. The van der Waals surface area contributed by atoms with E-state index in [-0.39, 0.29) is 23.8 Å². The molecule has 6 nitrogen and oxygen atoms in total. The van der Waals surface area contributed by atoms with Gasteiger partial charge in [0.05, 0.1) is 18.3 Å². The van der Waals surface area contributed by atoms with Crippen LogP contribution in [0.25, 0.3) is 0 Å². The van der Waals surface area contributed by atoms with Gasteiger partial charge in [-0.1, -0.05) is 19.8 Å². The van der Waals surface area contributed by atoms with Gasteiger partial charge in [0.2, 0.25) is 6.29 Å². The summed E-state index contributed by atoms with van der Waals surface area (Å²) in [5, 5.41) is 10.7. The van der Waals surface area contributed by atoms with E-state index in [1.807, 2.05) is 6.92 Å². The van der Waals surface area contributed by atoms with Crippen LogP contribution in [0, 0.1) is 23.7 Å². The van der Waals surface area contributed by atoms with Gasteiger partial charge in [-0.15, -0.1) is 0 Å². The first-order chi connectivity index (χ1) is 14.3. The van der Waals surface area contributed by atoms with Crippen LogP contribution in [0.4, 0.5) is 0 Å². The fraction of sp³-hybridized carbons (Fsp3) is 0.667. The summed E-state index contributed by atoms with van der Waals surface area (Å²) in [6.45, 7) is 4.82. The fourth-order valence-corrected chi connectivity index (χ4v) is 4.98. The van der Waals surface area contributed by atoms with E-state index in [0.717, 1.165) is 25.9 Å². The summed E-state index contributed by atoms with van der Waals surface area (Å²) in [4.78, 5) is 26.0. The molecule has 0 spiro atoms. The van der Waals surface area contributed by atoms with Crippen molar-refractivity contribution >= 4 is 11.9 Å². The molecule has 1 saturated carbocycles. The minimum absolute atomic E-state index is 0.129. The second-order valence-corrected chi connectivity index (χ2v) is 9.17. The van der Waals surface area contributed by atoms with E-state index >= 15 is 0 Å². The van der Waals surface area contributed by atoms with Crippen LogP contribution in [-0.2, 0) is 9.47 Å². The molecule has 6 heteroatoms. The lowest BCUT2D eigenvalue weighted by Crippen LogP contribution is -2.40. The maximum Gasteiger partial charge on any atom is 0.340 e. The van der Waals surface area contributed by atoms with Gasteiger partial charge in [-0.25, -0.2) is 4.79 Å². The van der Waals surface area contributed by atoms with E-state index in [1.165, 1.54) is 17.7 Å². The number of esters is 1. The molecule has 1 N–H and O–H groups in total. The normalized spacial score (nSPS) is 28.6. The van der Waals surface area contributed by atoms with Gasteiger partial charge < -0.3 is 19.5 Å². The molecule has 166 valence electrons. The standard InChI is InChI=1S/C24H35NO5/c1-15-8-9-17-6-5-7-20(21(17)14-29-15)16(2)23(27)30-24(28)19-12-10-18(11-13-19)22(26)25(3)4/h10-13,15-17,20-21,23,27H,5-9,14H2,1-4H3/t15?,16-,17-,20+,21?,23-/m1/s1. The van der Waals surface area contributed by atoms with Crippen molar-refractivity contribution in [3.05, 3.63) is 35.4 Å². The number of aliphatic hydroxyl groups excluding tert-OH is 1. The third-order valence-electron chi connectivity index (χ3n) is 6.91. The first-order valence-electron chi connectivity index (χ1n) is 11.1. The van der Waals surface area contributed by atoms with E-state index in [9.17, 15) is 14.7 Å². The minimum Gasteiger partial charge on any atom is -0.432 e. The highest BCUT2D eigenvalue weighted by atomic mass is 16.6. The SMILES string of the molecule is CC1CC[C@H]2CCC[C@@H]([C@@H](C)[C@H](O)OC(=O)c3ccc(C(=O)N(C)C)cc3)C2CO1. The van der Waals surface area contributed by atoms with Crippen molar-refractivity contribution in [1.82, 2.24) is 4.90 Å². The Hall–Kier alpha value is -1.92. The molecule has 2 fully saturated rings. The van der Waals surface area contributed by atoms with Crippen molar-refractivity contribution in [3.8, 4) is 0 Å². The molecule has 1 aromatic rings. The van der Waals surface area contributed by atoms with Crippen LogP contribution < -0.4 is 0 Å². The Morgan fingerprint density at radius 2 is 1.77 bits per heavy atom. The van der Waals surface area contributed by atoms with Gasteiger partial charge in [0.15, 0.2) is 0 Å². The Balaban J connectivity index is 1.62. The van der Waals surface area contributed by atoms with Gasteiger partial charge in [0.25, 0.3) is 5.91 Å². The highest BCUT2D eigenvalue weighted by Gasteiger charge is 2.40. The molecule has 1 heterocycles. The molecule has 0 bridgehead atoms. The lowest BCUT2D eigenvalue weighted by molar-refractivity contribution is -0.124. The molecule has 30 heavy (non-hydrogen) atoms. The third-order valence-corrected chi connectivity index (χ3v) is 6.91. The van der Waals surface area contributed by atoms with Crippen LogP contribution in [0.15, 0.2) is 24.3 Å². The molecule has 2 unspecified atom stereocenters. The Kier molecular flexibility index (Phi) is 7.53. The average molecular weight is 418 g/mol. The molecule has 1 aliphatic heterocycles. The number of fused-ring (bicyclic) bond motifs is 1. The Morgan fingerprint density at radius 3 is 2.43 bits per heavy atom. The van der Waals surface area contributed by atoms with Crippen molar-refractivity contribution in [2.75, 3.05) is 20.7 Å². The number of benzene rings is 1. The summed E-state index contributed by atoms with van der Waals surface area (Å²) in [6, 6.07) is 6.33. The zero-order valence-corrected chi connectivity index (χ0v) is 18.5. The minimum atomic E-state index is -1.16. The first-order valence-corrected chi connectivity index (χ1v) is 11.1. The predicted octanol–water partition coefficient (Wildman–Crippen LogP) is 3.73. The number of amides is 1. The van der Waals surface area contributed by atoms with Crippen LogP contribution >= 0.6 is 0 Å². The summed E-state index contributed by atoms with van der Waals surface area (Å²) in [5.74, 6) is 0.446. The molecular weight excluding hydrogens is 382 g/mol. The summed E-state index contributed by atoms with van der Waals surface area (Å²) in [7, 11) is 3.36. The molecule has 0 radical (unpaired) electrons. The van der Waals surface area contributed by atoms with E-state index < -0.39 is 12.3 Å². The van der Waals surface area contributed by atoms with Gasteiger partial charge in [0, 0.05) is 25.6 Å². The summed E-state index contributed by atoms with van der Waals surface area (Å²) < 4.78 is 11.4. The molecule has 6 atom stereocenters. The van der Waals surface area contributed by atoms with E-state index in [1.54, 1.807) is 38.4 Å². The Labute approximate surface area is 179 Å². The van der Waals surface area contributed by atoms with Crippen LogP contribution in [0.3, 0.4) is 0 Å². The van der Waals surface area contributed by atoms with Crippen molar-refractivity contribution in [3.63, 3.8) is 0 Å². The Bertz CT molecular complexity index is 732. The van der Waals surface area contributed by atoms with Gasteiger partial charge in [-0.05, 0) is 68.2 Å². The van der Waals surface area contributed by atoms with Gasteiger partial charge in [-0.3, -0.25) is 4.79 Å². The molecule has 0 aromatic heterocycles. The van der Waals surface area contributed by atoms with Crippen LogP contribution in [0.5, 0.6) is 0 Å². The molecule has 1 amide bonds. The van der Waals surface area contributed by atoms with Crippen molar-refractivity contribution in [2.45, 2.75) is 58.3 Å². The smallest absolute Gasteiger partial charge is 0.340 e. The van der Waals surface area contributed by atoms with E-state index in [2.05, 4.69) is 6.92 Å². The van der Waals surface area contributed by atoms with E-state index in [0.29, 0.717) is 23.0 Å². The highest BCUT2D eigenvalue weighted by Crippen LogP contribution is 2.44. The van der Waals surface area contributed by atoms with Gasteiger partial charge in [-0.2, -0.15) is 0 Å². The molecule has 1 aliphatic carbocycles. The van der Waals surface area contributed by atoms with Crippen LogP contribution in [0.1, 0.15) is 66.7 Å². The van der Waals surface area contributed by atoms with Crippen LogP contribution in [-0.4, -0.2) is 55.0 Å². The number of carbonyl (C=O) groups excluding carboxylic acids is 2. The number of hydrogen-bond donors (Lipinski definition) is 1. The predicted molar refractivity (Wildman–Crippen MR) is 114 cm³/mol. The maximum absolute atomic E-state index is 12.5. The van der Waals surface area contributed by atoms with Gasteiger partial charge in [0.1, 0.15) is 0 Å². The lowest BCUT2D eigenvalue weighted by atomic mass is 9.66. The fourth-order valence-electron chi connectivity index (χ4n) is 4.98. The molecule has 2 aliphatic rings. The number of ether oxygens (including phenoxy) is 2. The topological polar surface area (TPSA) is 76.1 Å². The number of aliphatic hydroxyl groups is 1. The molecule has 3 rings (SSSR count). The summed E-state index contributed by atoms with van der Waals surface area (Å²) in [5.41, 5.74) is 0.825. The average Bonchev–Trinajstić information content (AvgIpc) is 2.94. The van der Waals surface area contributed by atoms with Crippen molar-refractivity contribution < 1.29 is 24.2 Å². The number of hydrogen-bond acceptors (Lipinski definition) is 5. The number of carbonyl (C=O) groups is 2.